The summed E-state index contributed by atoms with van der Waals surface area (Å²) in [6, 6.07) is 125. The Kier molecular flexibility index (Phi) is 11.6. The molecule has 0 unspecified atom stereocenters. The van der Waals surface area contributed by atoms with Crippen LogP contribution in [0.15, 0.2) is 353 Å². The van der Waals surface area contributed by atoms with Crippen LogP contribution >= 0.6 is 10.0 Å². The van der Waals surface area contributed by atoms with Gasteiger partial charge in [0.15, 0.2) is 8.07 Å². The number of aromatic nitrogens is 3. The van der Waals surface area contributed by atoms with Crippen LogP contribution in [0.1, 0.15) is 0 Å². The number of hydrogen-bond donors (Lipinski definition) is 0. The lowest BCUT2D eigenvalue weighted by atomic mass is 10.1. The van der Waals surface area contributed by atoms with Crippen molar-refractivity contribution < 1.29 is 0 Å². The van der Waals surface area contributed by atoms with Crippen LogP contribution in [-0.2, 0) is 0 Å². The van der Waals surface area contributed by atoms with Crippen molar-refractivity contribution in [1.82, 2.24) is 13.7 Å². The third-order valence-corrected chi connectivity index (χ3v) is 25.9. The zero-order valence-corrected chi connectivity index (χ0v) is 47.3. The number of nitrogens with zero attached hydrogens (tertiary/aromatic N) is 3. The first-order valence-corrected chi connectivity index (χ1v) is 32.2. The largest absolute Gasteiger partial charge is 0.309 e. The molecule has 0 aliphatic rings. The van der Waals surface area contributed by atoms with Gasteiger partial charge < -0.3 is 13.7 Å². The summed E-state index contributed by atoms with van der Waals surface area (Å²) in [6.45, 7) is 0. The molecule has 0 amide bonds. The normalized spacial score (nSPS) is 12.3. The van der Waals surface area contributed by atoms with E-state index in [0.29, 0.717) is 0 Å². The molecular weight excluding hydrogens is 1040 g/mol. The number of para-hydroxylation sites is 4. The monoisotopic (exact) mass is 1090 g/mol. The van der Waals surface area contributed by atoms with Gasteiger partial charge in [0.2, 0.25) is 0 Å². The predicted molar refractivity (Wildman–Crippen MR) is 353 cm³/mol. The van der Waals surface area contributed by atoms with E-state index in [-0.39, 0.29) is 0 Å². The summed E-state index contributed by atoms with van der Waals surface area (Å²) in [5.74, 6) is 0. The second kappa shape index (κ2) is 19.8. The lowest BCUT2D eigenvalue weighted by Crippen LogP contribution is -2.74. The summed E-state index contributed by atoms with van der Waals surface area (Å²) < 4.78 is 7.52. The quantitative estimate of drug-likeness (QED) is 0.0906. The van der Waals surface area contributed by atoms with Gasteiger partial charge in [-0.15, -0.1) is 10.0 Å². The molecular formula is C78H55N3SSi. The smallest absolute Gasteiger partial charge is 0.179 e. The Labute approximate surface area is 485 Å². The Morgan fingerprint density at radius 2 is 0.470 bits per heavy atom. The molecule has 3 aromatic heterocycles. The van der Waals surface area contributed by atoms with Gasteiger partial charge in [0, 0.05) is 51.9 Å². The summed E-state index contributed by atoms with van der Waals surface area (Å²) in [5.41, 5.74) is 10.2. The van der Waals surface area contributed by atoms with Gasteiger partial charge in [-0.2, -0.15) is 0 Å². The highest BCUT2D eigenvalue weighted by atomic mass is 32.3. The first-order valence-electron chi connectivity index (χ1n) is 28.6. The van der Waals surface area contributed by atoms with Crippen molar-refractivity contribution in [2.45, 2.75) is 19.6 Å². The van der Waals surface area contributed by atoms with Crippen molar-refractivity contribution in [2.75, 3.05) is 0 Å². The molecule has 0 radical (unpaired) electrons. The fourth-order valence-corrected chi connectivity index (χ4v) is 22.5. The lowest BCUT2D eigenvalue weighted by molar-refractivity contribution is 1.10. The molecule has 16 rings (SSSR count). The van der Waals surface area contributed by atoms with Gasteiger partial charge >= 0.3 is 0 Å². The van der Waals surface area contributed by atoms with E-state index < -0.39 is 18.1 Å². The fraction of sp³-hybridized carbons (Fsp3) is 0. The Morgan fingerprint density at radius 1 is 0.193 bits per heavy atom. The zero-order valence-electron chi connectivity index (χ0n) is 45.5. The minimum atomic E-state index is -2.99. The Morgan fingerprint density at radius 3 is 0.819 bits per heavy atom. The Hall–Kier alpha value is -10.2. The zero-order chi connectivity index (χ0) is 54.9. The molecule has 5 heteroatoms. The molecule has 0 N–H and O–H groups in total. The van der Waals surface area contributed by atoms with E-state index in [1.807, 2.05) is 0 Å². The predicted octanol–water partition coefficient (Wildman–Crippen LogP) is 17.7. The molecule has 0 aliphatic carbocycles. The van der Waals surface area contributed by atoms with Crippen LogP contribution in [0.3, 0.4) is 0 Å². The second-order valence-electron chi connectivity index (χ2n) is 21.6. The third-order valence-electron chi connectivity index (χ3n) is 17.3. The van der Waals surface area contributed by atoms with Crippen LogP contribution in [0.5, 0.6) is 0 Å². The molecule has 0 spiro atoms. The van der Waals surface area contributed by atoms with E-state index in [0.717, 1.165) is 28.1 Å². The fourth-order valence-electron chi connectivity index (χ4n) is 13.8. The SMILES string of the molecule is c1ccc([Si](c2ccccc2)(c2ccccc2)c2ccc3c(c2)c2cc(S(c4ccccc4)(c4ccccc4)c4ccccc4)ccc2n3-c2cc(-n3c4ccccc4c4ccccc43)cc(-n3c4ccccc4c4ccccc43)c2)cc1. The maximum absolute atomic E-state index is 2.99. The van der Waals surface area contributed by atoms with Crippen molar-refractivity contribution in [3.63, 3.8) is 0 Å². The third kappa shape index (κ3) is 7.52. The van der Waals surface area contributed by atoms with Crippen LogP contribution in [-0.4, -0.2) is 21.8 Å². The van der Waals surface area contributed by atoms with Gasteiger partial charge in [-0.25, -0.2) is 0 Å². The van der Waals surface area contributed by atoms with Gasteiger partial charge in [-0.3, -0.25) is 0 Å². The lowest BCUT2D eigenvalue weighted by Gasteiger charge is -2.42. The van der Waals surface area contributed by atoms with Crippen molar-refractivity contribution in [1.29, 1.82) is 0 Å². The summed E-state index contributed by atoms with van der Waals surface area (Å²) in [4.78, 5) is 5.15. The number of benzene rings is 13. The van der Waals surface area contributed by atoms with Crippen LogP contribution in [0, 0.1) is 0 Å². The van der Waals surface area contributed by atoms with Gasteiger partial charge in [0.25, 0.3) is 0 Å². The molecule has 392 valence electrons. The molecule has 13 aromatic carbocycles. The molecule has 0 saturated carbocycles. The molecule has 0 bridgehead atoms. The highest BCUT2D eigenvalue weighted by molar-refractivity contribution is 8.34. The minimum Gasteiger partial charge on any atom is -0.309 e. The van der Waals surface area contributed by atoms with E-state index >= 15 is 0 Å². The number of hydrogen-bond acceptors (Lipinski definition) is 0. The van der Waals surface area contributed by atoms with Crippen molar-refractivity contribution in [2.24, 2.45) is 0 Å². The average molecular weight is 1090 g/mol. The van der Waals surface area contributed by atoms with E-state index in [1.54, 1.807) is 0 Å². The maximum atomic E-state index is 2.59. The molecule has 3 heterocycles. The molecule has 3 nitrogen and oxygen atoms in total. The van der Waals surface area contributed by atoms with E-state index in [2.05, 4.69) is 347 Å². The summed E-state index contributed by atoms with van der Waals surface area (Å²) in [5, 5.41) is 12.7. The Balaban J connectivity index is 1.06. The van der Waals surface area contributed by atoms with E-state index in [1.165, 1.54) is 94.7 Å². The number of rotatable bonds is 11. The van der Waals surface area contributed by atoms with Crippen molar-refractivity contribution >= 4 is 104 Å². The van der Waals surface area contributed by atoms with Gasteiger partial charge in [0.1, 0.15) is 0 Å². The average Bonchev–Trinajstić information content (AvgIpc) is 3.42. The van der Waals surface area contributed by atoms with Crippen molar-refractivity contribution in [3.05, 3.63) is 334 Å². The summed E-state index contributed by atoms with van der Waals surface area (Å²) in [6.07, 6.45) is 0. The van der Waals surface area contributed by atoms with Gasteiger partial charge in [-0.1, -0.05) is 231 Å². The molecule has 83 heavy (non-hydrogen) atoms. The summed E-state index contributed by atoms with van der Waals surface area (Å²) in [7, 11) is -5.05. The molecule has 0 aliphatic heterocycles. The Bertz CT molecular complexity index is 4460. The first kappa shape index (κ1) is 48.7. The standard InChI is InChI=1S/C78H55N3SSi/c1-7-27-59(28-8-1)82(60-29-9-2-10-30-60,61-31-11-3-12-32-61)62-47-49-77-71(54-62)72-55-66(83(63-33-13-4-14-34-63,64-35-15-5-16-36-64)65-37-17-6-18-38-65)48-50-78(72)81(77)58-52-56(79-73-43-23-19-39-67(73)68-40-20-24-44-74(68)79)51-57(53-58)80-75-45-25-21-41-69(75)70-42-22-26-46-76(70)80/h1-55H. The van der Waals surface area contributed by atoms with Crippen molar-refractivity contribution in [3.8, 4) is 17.1 Å². The molecule has 16 aromatic rings. The highest BCUT2D eigenvalue weighted by Gasteiger charge is 2.42. The molecule has 0 atom stereocenters. The topological polar surface area (TPSA) is 14.8 Å². The van der Waals surface area contributed by atoms with Gasteiger partial charge in [-0.05, 0) is 124 Å². The van der Waals surface area contributed by atoms with E-state index in [4.69, 9.17) is 0 Å². The van der Waals surface area contributed by atoms with Gasteiger partial charge in [0.05, 0.1) is 50.2 Å². The maximum Gasteiger partial charge on any atom is 0.179 e. The summed E-state index contributed by atoms with van der Waals surface area (Å²) >= 11 is 0. The van der Waals surface area contributed by atoms with Crippen LogP contribution < -0.4 is 20.7 Å². The van der Waals surface area contributed by atoms with E-state index in [9.17, 15) is 0 Å². The van der Waals surface area contributed by atoms with Crippen LogP contribution in [0.2, 0.25) is 0 Å². The second-order valence-corrected chi connectivity index (χ2v) is 28.5. The first-order chi connectivity index (χ1) is 41.2. The highest BCUT2D eigenvalue weighted by Crippen LogP contribution is 2.73. The molecule has 0 saturated heterocycles. The number of fused-ring (bicyclic) bond motifs is 9. The van der Waals surface area contributed by atoms with Crippen LogP contribution in [0.4, 0.5) is 0 Å². The minimum absolute atomic E-state index is 1.08. The van der Waals surface area contributed by atoms with Crippen LogP contribution in [0.25, 0.3) is 82.5 Å². The molecule has 0 fully saturated rings.